The van der Waals surface area contributed by atoms with Gasteiger partial charge in [0.2, 0.25) is 16.9 Å². The lowest BCUT2D eigenvalue weighted by Crippen LogP contribution is -2.48. The third kappa shape index (κ3) is 2.24. The number of nitrogens with one attached hydrogen (secondary N) is 1. The van der Waals surface area contributed by atoms with Gasteiger partial charge in [0.1, 0.15) is 11.0 Å². The fourth-order valence-electron chi connectivity index (χ4n) is 2.98. The minimum absolute atomic E-state index is 0.0820. The summed E-state index contributed by atoms with van der Waals surface area (Å²) < 4.78 is 0. The number of aromatic nitrogens is 2. The van der Waals surface area contributed by atoms with Crippen LogP contribution >= 0.6 is 23.1 Å². The molecule has 2 atom stereocenters. The summed E-state index contributed by atoms with van der Waals surface area (Å²) in [6.07, 6.45) is 3.70. The van der Waals surface area contributed by atoms with E-state index < -0.39 is 0 Å². The van der Waals surface area contributed by atoms with Gasteiger partial charge in [-0.2, -0.15) is 0 Å². The summed E-state index contributed by atoms with van der Waals surface area (Å²) in [4.78, 5) is 26.0. The minimum Gasteiger partial charge on any atom is -0.315 e. The topological polar surface area (TPSA) is 75.2 Å². The summed E-state index contributed by atoms with van der Waals surface area (Å²) in [5.74, 6) is 1.14. The predicted molar refractivity (Wildman–Crippen MR) is 81.2 cm³/mol. The Labute approximate surface area is 130 Å². The second-order valence-corrected chi connectivity index (χ2v) is 8.49. The normalized spacial score (nSPS) is 31.6. The van der Waals surface area contributed by atoms with E-state index in [0.29, 0.717) is 23.2 Å². The number of hydrogen-bond acceptors (Lipinski definition) is 6. The maximum atomic E-state index is 12.5. The van der Waals surface area contributed by atoms with Gasteiger partial charge in [-0.15, -0.1) is 22.0 Å². The van der Waals surface area contributed by atoms with Crippen molar-refractivity contribution in [2.75, 3.05) is 11.1 Å². The van der Waals surface area contributed by atoms with Crippen LogP contribution in [-0.2, 0) is 9.59 Å². The van der Waals surface area contributed by atoms with Crippen LogP contribution in [0.3, 0.4) is 0 Å². The van der Waals surface area contributed by atoms with E-state index in [2.05, 4.69) is 15.5 Å². The second-order valence-electron chi connectivity index (χ2n) is 5.97. The first-order valence-corrected chi connectivity index (χ1v) is 8.97. The Kier molecular flexibility index (Phi) is 3.01. The van der Waals surface area contributed by atoms with Crippen molar-refractivity contribution in [2.45, 2.75) is 49.4 Å². The highest BCUT2D eigenvalue weighted by atomic mass is 32.2. The van der Waals surface area contributed by atoms with Crippen LogP contribution in [0.1, 0.15) is 43.5 Å². The molecule has 2 amide bonds. The zero-order valence-electron chi connectivity index (χ0n) is 11.7. The van der Waals surface area contributed by atoms with Gasteiger partial charge < -0.3 is 4.90 Å². The van der Waals surface area contributed by atoms with Crippen molar-refractivity contribution in [2.24, 2.45) is 0 Å². The maximum Gasteiger partial charge on any atom is 0.249 e. The van der Waals surface area contributed by atoms with Crippen molar-refractivity contribution in [3.63, 3.8) is 0 Å². The SMILES string of the molecule is CC12CCC(=O)N1C(C(=O)Nc1nnc(C3CC3)s1)CS2. The number of rotatable bonds is 3. The number of nitrogens with zero attached hydrogens (tertiary/aromatic N) is 3. The van der Waals surface area contributed by atoms with Gasteiger partial charge in [0, 0.05) is 18.1 Å². The van der Waals surface area contributed by atoms with Gasteiger partial charge >= 0.3 is 0 Å². The number of carbonyl (C=O) groups excluding carboxylic acids is 2. The quantitative estimate of drug-likeness (QED) is 0.918. The molecule has 1 aromatic heterocycles. The highest BCUT2D eigenvalue weighted by Crippen LogP contribution is 2.47. The smallest absolute Gasteiger partial charge is 0.249 e. The van der Waals surface area contributed by atoms with E-state index in [1.807, 2.05) is 6.92 Å². The Balaban J connectivity index is 1.48. The van der Waals surface area contributed by atoms with Crippen LogP contribution in [0.15, 0.2) is 0 Å². The lowest BCUT2D eigenvalue weighted by atomic mass is 10.2. The zero-order valence-corrected chi connectivity index (χ0v) is 13.3. The molecule has 0 radical (unpaired) electrons. The molecule has 21 heavy (non-hydrogen) atoms. The molecule has 0 bridgehead atoms. The van der Waals surface area contributed by atoms with Crippen molar-refractivity contribution in [3.05, 3.63) is 5.01 Å². The first-order valence-electron chi connectivity index (χ1n) is 7.17. The molecule has 1 saturated carbocycles. The average molecular weight is 324 g/mol. The summed E-state index contributed by atoms with van der Waals surface area (Å²) in [7, 11) is 0. The Hall–Kier alpha value is -1.15. The molecule has 0 spiro atoms. The third-order valence-corrected chi connectivity index (χ3v) is 6.85. The molecule has 0 aromatic carbocycles. The van der Waals surface area contributed by atoms with Crippen molar-refractivity contribution >= 4 is 40.0 Å². The average Bonchev–Trinajstić information content (AvgIpc) is 2.99. The molecule has 2 aliphatic heterocycles. The molecule has 6 nitrogen and oxygen atoms in total. The van der Waals surface area contributed by atoms with Crippen LogP contribution in [0, 0.1) is 0 Å². The molecule has 2 saturated heterocycles. The van der Waals surface area contributed by atoms with Crippen molar-refractivity contribution in [1.29, 1.82) is 0 Å². The monoisotopic (exact) mass is 324 g/mol. The first-order chi connectivity index (χ1) is 10.1. The predicted octanol–water partition coefficient (Wildman–Crippen LogP) is 1.81. The summed E-state index contributed by atoms with van der Waals surface area (Å²) in [5, 5.41) is 12.5. The third-order valence-electron chi connectivity index (χ3n) is 4.34. The summed E-state index contributed by atoms with van der Waals surface area (Å²) in [5.41, 5.74) is 0. The molecule has 112 valence electrons. The first kappa shape index (κ1) is 13.5. The Morgan fingerprint density at radius 2 is 2.24 bits per heavy atom. The molecular formula is C13H16N4O2S2. The standard InChI is InChI=1S/C13H16N4O2S2/c1-13-5-4-9(18)17(13)8(6-20-13)10(19)14-12-16-15-11(21-12)7-2-3-7/h7-8H,2-6H2,1H3,(H,14,16,19). The largest absolute Gasteiger partial charge is 0.315 e. The second kappa shape index (κ2) is 4.67. The lowest BCUT2D eigenvalue weighted by Gasteiger charge is -2.29. The molecule has 3 fully saturated rings. The van der Waals surface area contributed by atoms with Gasteiger partial charge in [0.15, 0.2) is 0 Å². The molecule has 4 rings (SSSR count). The van der Waals surface area contributed by atoms with E-state index >= 15 is 0 Å². The Morgan fingerprint density at radius 3 is 3.00 bits per heavy atom. The van der Waals surface area contributed by atoms with E-state index in [0.717, 1.165) is 11.4 Å². The highest BCUT2D eigenvalue weighted by molar-refractivity contribution is 8.01. The number of fused-ring (bicyclic) bond motifs is 1. The number of thioether (sulfide) groups is 1. The fourth-order valence-corrected chi connectivity index (χ4v) is 5.33. The highest BCUT2D eigenvalue weighted by Gasteiger charge is 2.53. The summed E-state index contributed by atoms with van der Waals surface area (Å²) >= 11 is 3.15. The van der Waals surface area contributed by atoms with Crippen LogP contribution in [0.25, 0.3) is 0 Å². The van der Waals surface area contributed by atoms with E-state index in [1.54, 1.807) is 16.7 Å². The molecule has 8 heteroatoms. The number of carbonyl (C=O) groups is 2. The molecule has 3 aliphatic rings. The molecule has 1 N–H and O–H groups in total. The van der Waals surface area contributed by atoms with E-state index in [4.69, 9.17) is 0 Å². The molecule has 1 aliphatic carbocycles. The van der Waals surface area contributed by atoms with Crippen LogP contribution in [0.5, 0.6) is 0 Å². The molecule has 3 heterocycles. The van der Waals surface area contributed by atoms with E-state index in [-0.39, 0.29) is 22.7 Å². The number of hydrogen-bond donors (Lipinski definition) is 1. The Bertz CT molecular complexity index is 615. The molecule has 2 unspecified atom stereocenters. The molecular weight excluding hydrogens is 308 g/mol. The van der Waals surface area contributed by atoms with Gasteiger partial charge in [-0.25, -0.2) is 0 Å². The van der Waals surface area contributed by atoms with Gasteiger partial charge in [0.25, 0.3) is 0 Å². The number of anilines is 1. The van der Waals surface area contributed by atoms with Crippen molar-refractivity contribution in [3.8, 4) is 0 Å². The summed E-state index contributed by atoms with van der Waals surface area (Å²) in [6.45, 7) is 2.05. The van der Waals surface area contributed by atoms with Gasteiger partial charge in [-0.3, -0.25) is 14.9 Å². The van der Waals surface area contributed by atoms with Crippen LogP contribution in [-0.4, -0.2) is 43.6 Å². The van der Waals surface area contributed by atoms with E-state index in [1.165, 1.54) is 24.2 Å². The van der Waals surface area contributed by atoms with Gasteiger partial charge in [-0.05, 0) is 26.2 Å². The van der Waals surface area contributed by atoms with Crippen LogP contribution in [0.4, 0.5) is 5.13 Å². The molecule has 1 aromatic rings. The fraction of sp³-hybridized carbons (Fsp3) is 0.692. The van der Waals surface area contributed by atoms with E-state index in [9.17, 15) is 9.59 Å². The Morgan fingerprint density at radius 1 is 1.43 bits per heavy atom. The number of amides is 2. The van der Waals surface area contributed by atoms with Crippen molar-refractivity contribution < 1.29 is 9.59 Å². The van der Waals surface area contributed by atoms with Crippen LogP contribution < -0.4 is 5.32 Å². The lowest BCUT2D eigenvalue weighted by molar-refractivity contribution is -0.135. The summed E-state index contributed by atoms with van der Waals surface area (Å²) in [6, 6.07) is -0.386. The van der Waals surface area contributed by atoms with Gasteiger partial charge in [-0.1, -0.05) is 11.3 Å². The van der Waals surface area contributed by atoms with Crippen LogP contribution in [0.2, 0.25) is 0 Å². The zero-order chi connectivity index (χ0) is 14.6. The maximum absolute atomic E-state index is 12.5. The van der Waals surface area contributed by atoms with Crippen molar-refractivity contribution in [1.82, 2.24) is 15.1 Å². The minimum atomic E-state index is -0.386. The van der Waals surface area contributed by atoms with Gasteiger partial charge in [0.05, 0.1) is 4.87 Å².